The van der Waals surface area contributed by atoms with Crippen LogP contribution in [0, 0.1) is 0 Å². The summed E-state index contributed by atoms with van der Waals surface area (Å²) in [6.07, 6.45) is 0.393. The van der Waals surface area contributed by atoms with Gasteiger partial charge in [-0.1, -0.05) is 36.4 Å². The van der Waals surface area contributed by atoms with E-state index in [1.165, 1.54) is 0 Å². The number of anilines is 1. The van der Waals surface area contributed by atoms with Crippen molar-refractivity contribution in [3.8, 4) is 11.5 Å². The van der Waals surface area contributed by atoms with Gasteiger partial charge < -0.3 is 14.8 Å². The Morgan fingerprint density at radius 2 is 1.84 bits per heavy atom. The number of ether oxygens (including phenoxy) is 2. The first kappa shape index (κ1) is 15.5. The summed E-state index contributed by atoms with van der Waals surface area (Å²) in [4.78, 5) is 12.3. The molecule has 1 heterocycles. The summed E-state index contributed by atoms with van der Waals surface area (Å²) in [5.41, 5.74) is 3.01. The molecule has 1 N–H and O–H groups in total. The molecule has 1 aliphatic heterocycles. The first-order valence-electron chi connectivity index (χ1n) is 8.24. The molecule has 4 nitrogen and oxygen atoms in total. The number of carbonyl (C=O) groups excluding carboxylic acids is 1. The minimum atomic E-state index is -0.0595. The summed E-state index contributed by atoms with van der Waals surface area (Å²) >= 11 is 0. The average molecular weight is 333 g/mol. The van der Waals surface area contributed by atoms with Gasteiger partial charge in [-0.2, -0.15) is 0 Å². The number of fused-ring (bicyclic) bond motifs is 3. The Hall–Kier alpha value is -3.01. The molecule has 1 atom stereocenters. The molecule has 126 valence electrons. The highest BCUT2D eigenvalue weighted by Gasteiger charge is 2.30. The van der Waals surface area contributed by atoms with Gasteiger partial charge in [-0.25, -0.2) is 0 Å². The van der Waals surface area contributed by atoms with Crippen molar-refractivity contribution in [1.82, 2.24) is 0 Å². The standard InChI is InChI=1S/C21H19NO3/c1-24-14-8-9-16(19(11-14)25-2)17-12-20(23)22-18-10-7-13-5-3-4-6-15(13)21(17)18/h3-11,17H,12H2,1-2H3,(H,22,23)/t17-/m0/s1. The second-order valence-electron chi connectivity index (χ2n) is 6.16. The van der Waals surface area contributed by atoms with Crippen LogP contribution in [-0.2, 0) is 4.79 Å². The predicted molar refractivity (Wildman–Crippen MR) is 98.6 cm³/mol. The molecule has 25 heavy (non-hydrogen) atoms. The average Bonchev–Trinajstić information content (AvgIpc) is 2.66. The molecule has 1 amide bonds. The van der Waals surface area contributed by atoms with Crippen LogP contribution in [0.5, 0.6) is 11.5 Å². The van der Waals surface area contributed by atoms with Gasteiger partial charge in [0.2, 0.25) is 5.91 Å². The van der Waals surface area contributed by atoms with Gasteiger partial charge in [0.15, 0.2) is 0 Å². The SMILES string of the molecule is COc1ccc([C@@H]2CC(=O)Nc3ccc4ccccc4c32)c(OC)c1. The minimum Gasteiger partial charge on any atom is -0.497 e. The van der Waals surface area contributed by atoms with Crippen molar-refractivity contribution in [3.63, 3.8) is 0 Å². The van der Waals surface area contributed by atoms with Crippen molar-refractivity contribution in [2.75, 3.05) is 19.5 Å². The Morgan fingerprint density at radius 1 is 1.00 bits per heavy atom. The van der Waals surface area contributed by atoms with E-state index in [2.05, 4.69) is 17.4 Å². The maximum absolute atomic E-state index is 12.3. The third-order valence-electron chi connectivity index (χ3n) is 4.80. The van der Waals surface area contributed by atoms with Gasteiger partial charge in [0, 0.05) is 29.7 Å². The van der Waals surface area contributed by atoms with E-state index in [0.29, 0.717) is 6.42 Å². The lowest BCUT2D eigenvalue weighted by Gasteiger charge is -2.28. The molecule has 3 aromatic rings. The van der Waals surface area contributed by atoms with Crippen molar-refractivity contribution < 1.29 is 14.3 Å². The number of benzene rings is 3. The largest absolute Gasteiger partial charge is 0.497 e. The fourth-order valence-electron chi connectivity index (χ4n) is 3.64. The highest BCUT2D eigenvalue weighted by atomic mass is 16.5. The lowest BCUT2D eigenvalue weighted by atomic mass is 9.81. The number of nitrogens with one attached hydrogen (secondary N) is 1. The van der Waals surface area contributed by atoms with Crippen LogP contribution in [-0.4, -0.2) is 20.1 Å². The van der Waals surface area contributed by atoms with Crippen LogP contribution in [0.3, 0.4) is 0 Å². The molecule has 4 heteroatoms. The number of hydrogen-bond acceptors (Lipinski definition) is 3. The Labute approximate surface area is 146 Å². The first-order valence-corrected chi connectivity index (χ1v) is 8.24. The Bertz CT molecular complexity index is 965. The fraction of sp³-hybridized carbons (Fsp3) is 0.190. The summed E-state index contributed by atoms with van der Waals surface area (Å²) < 4.78 is 10.9. The number of hydrogen-bond donors (Lipinski definition) is 1. The number of rotatable bonds is 3. The zero-order valence-corrected chi connectivity index (χ0v) is 14.2. The maximum Gasteiger partial charge on any atom is 0.225 e. The van der Waals surface area contributed by atoms with Gasteiger partial charge in [-0.3, -0.25) is 4.79 Å². The summed E-state index contributed by atoms with van der Waals surface area (Å²) in [5.74, 6) is 1.43. The molecule has 0 aromatic heterocycles. The van der Waals surface area contributed by atoms with Gasteiger partial charge in [-0.15, -0.1) is 0 Å². The van der Waals surface area contributed by atoms with Crippen molar-refractivity contribution in [1.29, 1.82) is 0 Å². The molecule has 1 aliphatic rings. The van der Waals surface area contributed by atoms with Crippen LogP contribution in [0.1, 0.15) is 23.5 Å². The van der Waals surface area contributed by atoms with E-state index in [0.717, 1.165) is 39.1 Å². The number of methoxy groups -OCH3 is 2. The van der Waals surface area contributed by atoms with E-state index in [9.17, 15) is 4.79 Å². The van der Waals surface area contributed by atoms with Crippen molar-refractivity contribution in [2.24, 2.45) is 0 Å². The van der Waals surface area contributed by atoms with Crippen molar-refractivity contribution >= 4 is 22.4 Å². The quantitative estimate of drug-likeness (QED) is 0.776. The molecule has 0 fully saturated rings. The summed E-state index contributed by atoms with van der Waals surface area (Å²) in [5, 5.41) is 5.32. The van der Waals surface area contributed by atoms with Gasteiger partial charge in [0.1, 0.15) is 11.5 Å². The van der Waals surface area contributed by atoms with E-state index in [-0.39, 0.29) is 11.8 Å². The Kier molecular flexibility index (Phi) is 3.80. The fourth-order valence-corrected chi connectivity index (χ4v) is 3.64. The van der Waals surface area contributed by atoms with Gasteiger partial charge in [0.05, 0.1) is 14.2 Å². The third kappa shape index (κ3) is 2.60. The highest BCUT2D eigenvalue weighted by Crippen LogP contribution is 2.44. The summed E-state index contributed by atoms with van der Waals surface area (Å²) in [7, 11) is 3.27. The number of carbonyl (C=O) groups is 1. The van der Waals surface area contributed by atoms with E-state index in [4.69, 9.17) is 9.47 Å². The second kappa shape index (κ2) is 6.13. The monoisotopic (exact) mass is 333 g/mol. The van der Waals surface area contributed by atoms with E-state index in [1.54, 1.807) is 14.2 Å². The van der Waals surface area contributed by atoms with Crippen molar-refractivity contribution in [3.05, 3.63) is 65.7 Å². The van der Waals surface area contributed by atoms with Crippen LogP contribution < -0.4 is 14.8 Å². The zero-order valence-electron chi connectivity index (χ0n) is 14.2. The molecule has 0 radical (unpaired) electrons. The predicted octanol–water partition coefficient (Wildman–Crippen LogP) is 4.33. The third-order valence-corrected chi connectivity index (χ3v) is 4.80. The molecular formula is C21H19NO3. The van der Waals surface area contributed by atoms with Crippen molar-refractivity contribution in [2.45, 2.75) is 12.3 Å². The smallest absolute Gasteiger partial charge is 0.225 e. The maximum atomic E-state index is 12.3. The molecule has 0 bridgehead atoms. The molecule has 0 unspecified atom stereocenters. The normalized spacial score (nSPS) is 16.2. The highest BCUT2D eigenvalue weighted by molar-refractivity contribution is 6.01. The molecule has 0 saturated carbocycles. The van der Waals surface area contributed by atoms with Crippen LogP contribution in [0.2, 0.25) is 0 Å². The van der Waals surface area contributed by atoms with Gasteiger partial charge >= 0.3 is 0 Å². The summed E-state index contributed by atoms with van der Waals surface area (Å²) in [6, 6.07) is 18.1. The van der Waals surface area contributed by atoms with E-state index in [1.807, 2.05) is 42.5 Å². The zero-order chi connectivity index (χ0) is 17.4. The number of amides is 1. The van der Waals surface area contributed by atoms with Gasteiger partial charge in [-0.05, 0) is 28.5 Å². The molecular weight excluding hydrogens is 314 g/mol. The minimum absolute atomic E-state index is 0.0191. The van der Waals surface area contributed by atoms with E-state index >= 15 is 0 Å². The Balaban J connectivity index is 1.96. The topological polar surface area (TPSA) is 47.6 Å². The van der Waals surface area contributed by atoms with E-state index < -0.39 is 0 Å². The Morgan fingerprint density at radius 3 is 2.64 bits per heavy atom. The van der Waals surface area contributed by atoms with Crippen LogP contribution in [0.15, 0.2) is 54.6 Å². The molecule has 3 aromatic carbocycles. The van der Waals surface area contributed by atoms with Crippen LogP contribution in [0.4, 0.5) is 5.69 Å². The van der Waals surface area contributed by atoms with Crippen LogP contribution in [0.25, 0.3) is 10.8 Å². The first-order chi connectivity index (χ1) is 12.2. The summed E-state index contributed by atoms with van der Waals surface area (Å²) in [6.45, 7) is 0. The second-order valence-corrected chi connectivity index (χ2v) is 6.16. The molecule has 0 saturated heterocycles. The lowest BCUT2D eigenvalue weighted by Crippen LogP contribution is -2.24. The molecule has 0 aliphatic carbocycles. The molecule has 4 rings (SSSR count). The molecule has 0 spiro atoms. The van der Waals surface area contributed by atoms with Crippen LogP contribution >= 0.6 is 0 Å². The van der Waals surface area contributed by atoms with Gasteiger partial charge in [0.25, 0.3) is 0 Å². The lowest BCUT2D eigenvalue weighted by molar-refractivity contribution is -0.116.